The van der Waals surface area contributed by atoms with E-state index in [0.717, 1.165) is 59.6 Å². The molecule has 0 aliphatic carbocycles. The maximum absolute atomic E-state index is 12.5. The fourth-order valence-electron chi connectivity index (χ4n) is 3.66. The average Bonchev–Trinajstić information content (AvgIpc) is 3.21. The van der Waals surface area contributed by atoms with E-state index in [0.29, 0.717) is 6.54 Å². The highest BCUT2D eigenvalue weighted by Gasteiger charge is 2.21. The molecule has 0 radical (unpaired) electrons. The van der Waals surface area contributed by atoms with Crippen molar-refractivity contribution in [2.45, 2.75) is 6.92 Å². The smallest absolute Gasteiger partial charge is 0.238 e. The molecule has 156 valence electrons. The summed E-state index contributed by atoms with van der Waals surface area (Å²) in [6.45, 7) is 5.82. The van der Waals surface area contributed by atoms with Gasteiger partial charge in [0.05, 0.1) is 30.0 Å². The monoisotopic (exact) mass is 422 g/mol. The molecule has 1 amide bonds. The van der Waals surface area contributed by atoms with Crippen LogP contribution >= 0.6 is 11.3 Å². The fourth-order valence-corrected chi connectivity index (χ4v) is 4.28. The molecule has 7 heteroatoms. The molecular weight excluding hydrogens is 396 g/mol. The first-order chi connectivity index (χ1) is 14.6. The van der Waals surface area contributed by atoms with Gasteiger partial charge in [0.1, 0.15) is 5.75 Å². The minimum Gasteiger partial charge on any atom is -0.495 e. The van der Waals surface area contributed by atoms with Gasteiger partial charge in [-0.05, 0) is 31.2 Å². The molecule has 0 spiro atoms. The second kappa shape index (κ2) is 9.28. The summed E-state index contributed by atoms with van der Waals surface area (Å²) in [5.41, 5.74) is 3.95. The van der Waals surface area contributed by atoms with E-state index in [1.807, 2.05) is 54.8 Å². The van der Waals surface area contributed by atoms with Gasteiger partial charge < -0.3 is 15.0 Å². The Morgan fingerprint density at radius 2 is 1.83 bits per heavy atom. The largest absolute Gasteiger partial charge is 0.495 e. The minimum absolute atomic E-state index is 0.0120. The van der Waals surface area contributed by atoms with Crippen LogP contribution in [0.25, 0.3) is 11.3 Å². The first kappa shape index (κ1) is 20.4. The number of anilines is 2. The predicted molar refractivity (Wildman–Crippen MR) is 123 cm³/mol. The van der Waals surface area contributed by atoms with Gasteiger partial charge in [-0.2, -0.15) is 0 Å². The summed E-state index contributed by atoms with van der Waals surface area (Å²) in [4.78, 5) is 21.5. The molecule has 30 heavy (non-hydrogen) atoms. The van der Waals surface area contributed by atoms with Crippen LogP contribution in [0, 0.1) is 6.92 Å². The van der Waals surface area contributed by atoms with E-state index in [2.05, 4.69) is 26.2 Å². The molecule has 1 aromatic heterocycles. The Morgan fingerprint density at radius 1 is 1.10 bits per heavy atom. The van der Waals surface area contributed by atoms with Crippen molar-refractivity contribution in [3.05, 3.63) is 58.9 Å². The van der Waals surface area contributed by atoms with Crippen LogP contribution in [-0.4, -0.2) is 55.6 Å². The fraction of sp³-hybridized carbons (Fsp3) is 0.304. The minimum atomic E-state index is 0.0120. The lowest BCUT2D eigenvalue weighted by atomic mass is 10.1. The second-order valence-electron chi connectivity index (χ2n) is 7.31. The Kier molecular flexibility index (Phi) is 6.30. The SMILES string of the molecule is COc1ccccc1N1CCN(CC(=O)Nc2ccc(-c3csc(C)n3)cc2)CC1. The topological polar surface area (TPSA) is 57.7 Å². The van der Waals surface area contributed by atoms with Crippen molar-refractivity contribution in [1.29, 1.82) is 0 Å². The van der Waals surface area contributed by atoms with Crippen molar-refractivity contribution >= 4 is 28.6 Å². The molecule has 0 saturated carbocycles. The maximum Gasteiger partial charge on any atom is 0.238 e. The number of carbonyl (C=O) groups is 1. The van der Waals surface area contributed by atoms with Gasteiger partial charge in [0, 0.05) is 42.8 Å². The van der Waals surface area contributed by atoms with E-state index in [1.54, 1.807) is 18.4 Å². The Labute approximate surface area is 181 Å². The van der Waals surface area contributed by atoms with Gasteiger partial charge >= 0.3 is 0 Å². The Bertz CT molecular complexity index is 994. The Balaban J connectivity index is 1.28. The summed E-state index contributed by atoms with van der Waals surface area (Å²) >= 11 is 1.64. The van der Waals surface area contributed by atoms with Gasteiger partial charge in [-0.1, -0.05) is 24.3 Å². The van der Waals surface area contributed by atoms with E-state index in [4.69, 9.17) is 4.74 Å². The number of amides is 1. The normalized spacial score (nSPS) is 14.5. The number of hydrogen-bond donors (Lipinski definition) is 1. The molecule has 1 fully saturated rings. The number of hydrogen-bond acceptors (Lipinski definition) is 6. The number of nitrogens with one attached hydrogen (secondary N) is 1. The second-order valence-corrected chi connectivity index (χ2v) is 8.37. The third-order valence-corrected chi connectivity index (χ3v) is 6.02. The van der Waals surface area contributed by atoms with Crippen LogP contribution in [-0.2, 0) is 4.79 Å². The van der Waals surface area contributed by atoms with Crippen LogP contribution in [0.3, 0.4) is 0 Å². The van der Waals surface area contributed by atoms with Crippen molar-refractivity contribution in [2.24, 2.45) is 0 Å². The van der Waals surface area contributed by atoms with E-state index < -0.39 is 0 Å². The molecule has 3 aromatic rings. The van der Waals surface area contributed by atoms with Crippen molar-refractivity contribution in [3.63, 3.8) is 0 Å². The Hall–Kier alpha value is -2.90. The molecule has 4 rings (SSSR count). The number of nitrogens with zero attached hydrogens (tertiary/aromatic N) is 3. The maximum atomic E-state index is 12.5. The molecule has 0 atom stereocenters. The number of piperazine rings is 1. The molecule has 0 unspecified atom stereocenters. The van der Waals surface area contributed by atoms with Crippen LogP contribution in [0.15, 0.2) is 53.9 Å². The number of para-hydroxylation sites is 2. The molecule has 2 aromatic carbocycles. The van der Waals surface area contributed by atoms with Crippen molar-refractivity contribution in [3.8, 4) is 17.0 Å². The van der Waals surface area contributed by atoms with Gasteiger partial charge in [0.25, 0.3) is 0 Å². The van der Waals surface area contributed by atoms with Crippen molar-refractivity contribution in [1.82, 2.24) is 9.88 Å². The summed E-state index contributed by atoms with van der Waals surface area (Å²) in [6, 6.07) is 15.9. The highest BCUT2D eigenvalue weighted by atomic mass is 32.1. The summed E-state index contributed by atoms with van der Waals surface area (Å²) in [6.07, 6.45) is 0. The van der Waals surface area contributed by atoms with Gasteiger partial charge in [-0.15, -0.1) is 11.3 Å². The summed E-state index contributed by atoms with van der Waals surface area (Å²) < 4.78 is 5.47. The number of ether oxygens (including phenoxy) is 1. The number of methoxy groups -OCH3 is 1. The van der Waals surface area contributed by atoms with Gasteiger partial charge in [0.15, 0.2) is 0 Å². The highest BCUT2D eigenvalue weighted by Crippen LogP contribution is 2.28. The number of aryl methyl sites for hydroxylation is 1. The van der Waals surface area contributed by atoms with E-state index >= 15 is 0 Å². The zero-order valence-electron chi connectivity index (χ0n) is 17.3. The highest BCUT2D eigenvalue weighted by molar-refractivity contribution is 7.09. The molecule has 1 aliphatic heterocycles. The van der Waals surface area contributed by atoms with Crippen LogP contribution in [0.1, 0.15) is 5.01 Å². The molecular formula is C23H26N4O2S. The lowest BCUT2D eigenvalue weighted by molar-refractivity contribution is -0.117. The van der Waals surface area contributed by atoms with E-state index in [1.165, 1.54) is 0 Å². The van der Waals surface area contributed by atoms with Crippen molar-refractivity contribution < 1.29 is 9.53 Å². The summed E-state index contributed by atoms with van der Waals surface area (Å²) in [5.74, 6) is 0.901. The van der Waals surface area contributed by atoms with Gasteiger partial charge in [-0.3, -0.25) is 9.69 Å². The molecule has 1 aliphatic rings. The lowest BCUT2D eigenvalue weighted by Crippen LogP contribution is -2.48. The molecule has 1 N–H and O–H groups in total. The number of carbonyl (C=O) groups excluding carboxylic acids is 1. The number of rotatable bonds is 6. The standard InChI is InChI=1S/C23H26N4O2S/c1-17-24-20(16-30-17)18-7-9-19(10-8-18)25-23(28)15-26-11-13-27(14-12-26)21-5-3-4-6-22(21)29-2/h3-10,16H,11-15H2,1-2H3,(H,25,28). The van der Waals surface area contributed by atoms with Gasteiger partial charge in [-0.25, -0.2) is 4.98 Å². The zero-order valence-corrected chi connectivity index (χ0v) is 18.1. The average molecular weight is 423 g/mol. The predicted octanol–water partition coefficient (Wildman–Crippen LogP) is 3.89. The Morgan fingerprint density at radius 3 is 2.50 bits per heavy atom. The van der Waals surface area contributed by atoms with Gasteiger partial charge in [0.2, 0.25) is 5.91 Å². The third-order valence-electron chi connectivity index (χ3n) is 5.25. The number of aromatic nitrogens is 1. The van der Waals surface area contributed by atoms with Crippen LogP contribution < -0.4 is 15.0 Å². The van der Waals surface area contributed by atoms with Crippen LogP contribution in [0.4, 0.5) is 11.4 Å². The molecule has 0 bridgehead atoms. The number of thiazole rings is 1. The van der Waals surface area contributed by atoms with Crippen molar-refractivity contribution in [2.75, 3.05) is 50.1 Å². The molecule has 6 nitrogen and oxygen atoms in total. The first-order valence-corrected chi connectivity index (χ1v) is 10.9. The lowest BCUT2D eigenvalue weighted by Gasteiger charge is -2.36. The van der Waals surface area contributed by atoms with E-state index in [-0.39, 0.29) is 5.91 Å². The summed E-state index contributed by atoms with van der Waals surface area (Å²) in [7, 11) is 1.70. The first-order valence-electron chi connectivity index (χ1n) is 10.0. The van der Waals surface area contributed by atoms with Crippen LogP contribution in [0.5, 0.6) is 5.75 Å². The molecule has 1 saturated heterocycles. The van der Waals surface area contributed by atoms with E-state index in [9.17, 15) is 4.79 Å². The number of benzene rings is 2. The van der Waals surface area contributed by atoms with Crippen LogP contribution in [0.2, 0.25) is 0 Å². The summed E-state index contributed by atoms with van der Waals surface area (Å²) in [5, 5.41) is 6.10. The third kappa shape index (κ3) is 4.80. The molecule has 2 heterocycles. The quantitative estimate of drug-likeness (QED) is 0.653. The zero-order chi connectivity index (χ0) is 20.9.